The zero-order valence-corrected chi connectivity index (χ0v) is 10.6. The first-order valence-corrected chi connectivity index (χ1v) is 5.21. The van der Waals surface area contributed by atoms with Gasteiger partial charge < -0.3 is 15.6 Å². The van der Waals surface area contributed by atoms with Crippen molar-refractivity contribution in [2.75, 3.05) is 13.7 Å². The van der Waals surface area contributed by atoms with E-state index in [9.17, 15) is 9.59 Å². The molecule has 0 aromatic carbocycles. The van der Waals surface area contributed by atoms with Gasteiger partial charge in [0.1, 0.15) is 11.6 Å². The summed E-state index contributed by atoms with van der Waals surface area (Å²) in [6, 6.07) is -0.998. The molecule has 0 bridgehead atoms. The molecule has 1 amide bonds. The van der Waals surface area contributed by atoms with Gasteiger partial charge in [-0.3, -0.25) is 9.63 Å². The molecule has 7 heteroatoms. The largest absolute Gasteiger partial charge is 0.480 e. The van der Waals surface area contributed by atoms with Crippen molar-refractivity contribution in [1.29, 1.82) is 0 Å². The molecule has 0 rings (SSSR count). The number of rotatable bonds is 5. The summed E-state index contributed by atoms with van der Waals surface area (Å²) in [5.74, 6) is -1.10. The molecule has 0 aromatic heterocycles. The molecule has 1 unspecified atom stereocenters. The molecular formula is C10H20N2O5. The van der Waals surface area contributed by atoms with Crippen molar-refractivity contribution in [3.8, 4) is 0 Å². The fraction of sp³-hybridized carbons (Fsp3) is 0.800. The van der Waals surface area contributed by atoms with E-state index in [1.807, 2.05) is 0 Å². The number of carbonyl (C=O) groups excluding carboxylic acids is 1. The molecule has 17 heavy (non-hydrogen) atoms. The number of ether oxygens (including phenoxy) is 1. The van der Waals surface area contributed by atoms with Crippen LogP contribution in [0.5, 0.6) is 0 Å². The van der Waals surface area contributed by atoms with Gasteiger partial charge in [-0.1, -0.05) is 0 Å². The third kappa shape index (κ3) is 7.53. The van der Waals surface area contributed by atoms with Crippen molar-refractivity contribution in [3.63, 3.8) is 0 Å². The van der Waals surface area contributed by atoms with Crippen LogP contribution in [0.2, 0.25) is 0 Å². The number of hydroxylamine groups is 2. The van der Waals surface area contributed by atoms with E-state index in [4.69, 9.17) is 20.4 Å². The zero-order valence-electron chi connectivity index (χ0n) is 10.6. The SMILES string of the molecule is CN(OCCC(N)C(=O)O)C(=O)OC(C)(C)C. The van der Waals surface area contributed by atoms with Crippen molar-refractivity contribution >= 4 is 12.1 Å². The minimum Gasteiger partial charge on any atom is -0.480 e. The van der Waals surface area contributed by atoms with Crippen LogP contribution >= 0.6 is 0 Å². The maximum Gasteiger partial charge on any atom is 0.434 e. The van der Waals surface area contributed by atoms with Crippen LogP contribution in [0.15, 0.2) is 0 Å². The molecule has 0 aliphatic heterocycles. The van der Waals surface area contributed by atoms with Gasteiger partial charge in [-0.15, -0.1) is 0 Å². The Labute approximate surface area is 100 Å². The van der Waals surface area contributed by atoms with Gasteiger partial charge in [-0.2, -0.15) is 5.06 Å². The van der Waals surface area contributed by atoms with E-state index in [-0.39, 0.29) is 13.0 Å². The van der Waals surface area contributed by atoms with E-state index in [0.717, 1.165) is 5.06 Å². The second-order valence-corrected chi connectivity index (χ2v) is 4.54. The summed E-state index contributed by atoms with van der Waals surface area (Å²) in [5, 5.41) is 9.44. The van der Waals surface area contributed by atoms with E-state index in [2.05, 4.69) is 0 Å². The highest BCUT2D eigenvalue weighted by atomic mass is 16.7. The highest BCUT2D eigenvalue weighted by Gasteiger charge is 2.20. The van der Waals surface area contributed by atoms with Gasteiger partial charge in [0.25, 0.3) is 0 Å². The fourth-order valence-electron chi connectivity index (χ4n) is 0.819. The lowest BCUT2D eigenvalue weighted by Gasteiger charge is -2.24. The predicted molar refractivity (Wildman–Crippen MR) is 60.2 cm³/mol. The first-order valence-electron chi connectivity index (χ1n) is 5.21. The van der Waals surface area contributed by atoms with E-state index in [1.165, 1.54) is 7.05 Å². The normalized spacial score (nSPS) is 13.0. The van der Waals surface area contributed by atoms with E-state index >= 15 is 0 Å². The van der Waals surface area contributed by atoms with Crippen LogP contribution in [0.25, 0.3) is 0 Å². The zero-order chi connectivity index (χ0) is 13.6. The molecule has 0 heterocycles. The van der Waals surface area contributed by atoms with Crippen LogP contribution in [0.3, 0.4) is 0 Å². The van der Waals surface area contributed by atoms with E-state index in [0.29, 0.717) is 0 Å². The number of carboxylic acid groups (broad SMARTS) is 1. The summed E-state index contributed by atoms with van der Waals surface area (Å²) in [4.78, 5) is 26.8. The Morgan fingerprint density at radius 3 is 2.35 bits per heavy atom. The van der Waals surface area contributed by atoms with Crippen molar-refractivity contribution in [2.24, 2.45) is 5.73 Å². The Bertz CT molecular complexity index is 274. The quantitative estimate of drug-likeness (QED) is 0.690. The van der Waals surface area contributed by atoms with Crippen LogP contribution in [0, 0.1) is 0 Å². The fourth-order valence-corrected chi connectivity index (χ4v) is 0.819. The van der Waals surface area contributed by atoms with Gasteiger partial charge in [0.05, 0.1) is 6.61 Å². The van der Waals surface area contributed by atoms with Gasteiger partial charge in [0.2, 0.25) is 0 Å². The number of aliphatic carboxylic acids is 1. The Morgan fingerprint density at radius 1 is 1.41 bits per heavy atom. The molecule has 0 aliphatic carbocycles. The predicted octanol–water partition coefficient (Wildman–Crippen LogP) is 0.587. The molecule has 3 N–H and O–H groups in total. The summed E-state index contributed by atoms with van der Waals surface area (Å²) in [7, 11) is 1.39. The number of carbonyl (C=O) groups is 2. The van der Waals surface area contributed by atoms with Gasteiger partial charge in [-0.05, 0) is 27.2 Å². The Balaban J connectivity index is 3.90. The Morgan fingerprint density at radius 2 is 1.94 bits per heavy atom. The van der Waals surface area contributed by atoms with Crippen LogP contribution in [0.1, 0.15) is 27.2 Å². The molecule has 0 spiro atoms. The van der Waals surface area contributed by atoms with Gasteiger partial charge in [0.15, 0.2) is 0 Å². The number of hydrogen-bond donors (Lipinski definition) is 2. The van der Waals surface area contributed by atoms with Crippen LogP contribution in [0.4, 0.5) is 4.79 Å². The third-order valence-corrected chi connectivity index (χ3v) is 1.68. The summed E-state index contributed by atoms with van der Waals surface area (Å²) in [6.45, 7) is 5.24. The molecular weight excluding hydrogens is 228 g/mol. The maximum absolute atomic E-state index is 11.4. The summed E-state index contributed by atoms with van der Waals surface area (Å²) in [5.41, 5.74) is 4.66. The van der Waals surface area contributed by atoms with Crippen LogP contribution < -0.4 is 5.73 Å². The first kappa shape index (κ1) is 15.7. The Kier molecular flexibility index (Phi) is 5.90. The molecule has 0 fully saturated rings. The second kappa shape index (κ2) is 6.41. The van der Waals surface area contributed by atoms with Crippen LogP contribution in [-0.2, 0) is 14.4 Å². The highest BCUT2D eigenvalue weighted by molar-refractivity contribution is 5.73. The van der Waals surface area contributed by atoms with Crippen molar-refractivity contribution in [1.82, 2.24) is 5.06 Å². The van der Waals surface area contributed by atoms with Crippen molar-refractivity contribution in [3.05, 3.63) is 0 Å². The van der Waals surface area contributed by atoms with Gasteiger partial charge in [-0.25, -0.2) is 4.79 Å². The minimum absolute atomic E-state index is 0.0310. The number of nitrogens with two attached hydrogens (primary N) is 1. The highest BCUT2D eigenvalue weighted by Crippen LogP contribution is 2.09. The molecule has 100 valence electrons. The number of amides is 1. The Hall–Kier alpha value is -1.34. The number of carboxylic acids is 1. The standard InChI is InChI=1S/C10H20N2O5/c1-10(2,3)17-9(15)12(4)16-6-5-7(11)8(13)14/h7H,5-6,11H2,1-4H3,(H,13,14). The maximum atomic E-state index is 11.4. The summed E-state index contributed by atoms with van der Waals surface area (Å²) >= 11 is 0. The molecule has 0 aromatic rings. The number of hydrogen-bond acceptors (Lipinski definition) is 5. The lowest BCUT2D eigenvalue weighted by atomic mass is 10.2. The average molecular weight is 248 g/mol. The smallest absolute Gasteiger partial charge is 0.434 e. The molecule has 0 saturated heterocycles. The van der Waals surface area contributed by atoms with Crippen molar-refractivity contribution in [2.45, 2.75) is 38.8 Å². The lowest BCUT2D eigenvalue weighted by molar-refractivity contribution is -0.144. The van der Waals surface area contributed by atoms with Gasteiger partial charge in [0, 0.05) is 7.05 Å². The van der Waals surface area contributed by atoms with Crippen molar-refractivity contribution < 1.29 is 24.3 Å². The van der Waals surface area contributed by atoms with Gasteiger partial charge >= 0.3 is 12.1 Å². The van der Waals surface area contributed by atoms with E-state index in [1.54, 1.807) is 20.8 Å². The molecule has 0 radical (unpaired) electrons. The molecule has 1 atom stereocenters. The molecule has 7 nitrogen and oxygen atoms in total. The van der Waals surface area contributed by atoms with Crippen LogP contribution in [-0.4, -0.2) is 47.5 Å². The number of nitrogens with zero attached hydrogens (tertiary/aromatic N) is 1. The van der Waals surface area contributed by atoms with E-state index < -0.39 is 23.7 Å². The second-order valence-electron chi connectivity index (χ2n) is 4.54. The topological polar surface area (TPSA) is 102 Å². The molecule has 0 aliphatic rings. The first-order chi connectivity index (χ1) is 7.63. The minimum atomic E-state index is -1.10. The average Bonchev–Trinajstić information content (AvgIpc) is 2.14. The monoisotopic (exact) mass is 248 g/mol. The molecule has 0 saturated carbocycles. The summed E-state index contributed by atoms with van der Waals surface area (Å²) < 4.78 is 5.02. The lowest BCUT2D eigenvalue weighted by Crippen LogP contribution is -2.36. The third-order valence-electron chi connectivity index (χ3n) is 1.68. The summed E-state index contributed by atoms with van der Waals surface area (Å²) in [6.07, 6.45) is -0.524.